The maximum absolute atomic E-state index is 11.7. The molecule has 2 aromatic rings. The highest BCUT2D eigenvalue weighted by Crippen LogP contribution is 2.32. The Hall–Kier alpha value is -2.48. The highest BCUT2D eigenvalue weighted by Gasteiger charge is 2.14. The number of hydrogen-bond acceptors (Lipinski definition) is 4. The molecule has 0 unspecified atom stereocenters. The van der Waals surface area contributed by atoms with E-state index < -0.39 is 5.56 Å². The van der Waals surface area contributed by atoms with Gasteiger partial charge in [0.1, 0.15) is 23.1 Å². The molecule has 2 rings (SSSR count). The molecule has 0 aliphatic carbocycles. The molecule has 0 saturated heterocycles. The summed E-state index contributed by atoms with van der Waals surface area (Å²) in [5, 5.41) is 9.70. The summed E-state index contributed by atoms with van der Waals surface area (Å²) in [6, 6.07) is 5.32. The average molecular weight is 244 g/mol. The molecule has 1 aromatic carbocycles. The lowest BCUT2D eigenvalue weighted by molar-refractivity contribution is 0.397. The molecule has 5 heteroatoms. The summed E-state index contributed by atoms with van der Waals surface area (Å²) in [7, 11) is 3.07. The Kier molecular flexibility index (Phi) is 2.94. The van der Waals surface area contributed by atoms with Crippen molar-refractivity contribution in [3.63, 3.8) is 0 Å². The molecule has 1 N–H and O–H groups in total. The largest absolute Gasteiger partial charge is 0.497 e. The molecule has 0 aliphatic rings. The second-order valence-electron chi connectivity index (χ2n) is 3.82. The minimum atomic E-state index is -0.405. The van der Waals surface area contributed by atoms with Crippen LogP contribution in [0.3, 0.4) is 0 Å². The maximum Gasteiger partial charge on any atom is 0.266 e. The van der Waals surface area contributed by atoms with Crippen LogP contribution in [0.1, 0.15) is 11.1 Å². The van der Waals surface area contributed by atoms with Crippen molar-refractivity contribution in [2.75, 3.05) is 14.2 Å². The number of hydrogen-bond donors (Lipinski definition) is 1. The van der Waals surface area contributed by atoms with Crippen LogP contribution in [0, 0.1) is 18.3 Å². The number of nitrogens with zero attached hydrogens (tertiary/aromatic N) is 1. The number of fused-ring (bicyclic) bond motifs is 1. The fraction of sp³-hybridized carbons (Fsp3) is 0.231. The standard InChI is InChI=1S/C13H12N2O3/c1-7-9(6-14)13(16)15-10-4-8(17-2)5-11(18-3)12(7)10/h4-5H,1-3H3,(H,15,16). The number of benzene rings is 1. The summed E-state index contributed by atoms with van der Waals surface area (Å²) in [6.45, 7) is 1.73. The number of nitrogens with one attached hydrogen (secondary N) is 1. The Labute approximate surface area is 104 Å². The van der Waals surface area contributed by atoms with Gasteiger partial charge in [-0.15, -0.1) is 0 Å². The van der Waals surface area contributed by atoms with Gasteiger partial charge in [-0.2, -0.15) is 5.26 Å². The highest BCUT2D eigenvalue weighted by molar-refractivity contribution is 5.90. The van der Waals surface area contributed by atoms with E-state index in [-0.39, 0.29) is 5.56 Å². The first-order valence-electron chi connectivity index (χ1n) is 5.31. The van der Waals surface area contributed by atoms with Crippen LogP contribution < -0.4 is 15.0 Å². The Morgan fingerprint density at radius 2 is 2.00 bits per heavy atom. The van der Waals surface area contributed by atoms with Crippen LogP contribution in [0.2, 0.25) is 0 Å². The molecule has 1 aromatic heterocycles. The molecule has 0 radical (unpaired) electrons. The summed E-state index contributed by atoms with van der Waals surface area (Å²) in [5.41, 5.74) is 0.896. The Morgan fingerprint density at radius 1 is 1.28 bits per heavy atom. The van der Waals surface area contributed by atoms with Gasteiger partial charge in [0.05, 0.1) is 19.7 Å². The molecule has 18 heavy (non-hydrogen) atoms. The summed E-state index contributed by atoms with van der Waals surface area (Å²) in [4.78, 5) is 14.4. The number of ether oxygens (including phenoxy) is 2. The highest BCUT2D eigenvalue weighted by atomic mass is 16.5. The van der Waals surface area contributed by atoms with Crippen molar-refractivity contribution in [3.05, 3.63) is 33.6 Å². The summed E-state index contributed by atoms with van der Waals surface area (Å²) < 4.78 is 10.4. The molecule has 5 nitrogen and oxygen atoms in total. The van der Waals surface area contributed by atoms with E-state index in [2.05, 4.69) is 4.98 Å². The first-order chi connectivity index (χ1) is 8.62. The molecule has 1 heterocycles. The van der Waals surface area contributed by atoms with Gasteiger partial charge in [-0.25, -0.2) is 0 Å². The summed E-state index contributed by atoms with van der Waals surface area (Å²) in [6.07, 6.45) is 0. The van der Waals surface area contributed by atoms with Crippen LogP contribution >= 0.6 is 0 Å². The third kappa shape index (κ3) is 1.68. The van der Waals surface area contributed by atoms with Crippen molar-refractivity contribution >= 4 is 10.9 Å². The van der Waals surface area contributed by atoms with Crippen molar-refractivity contribution in [2.45, 2.75) is 6.92 Å². The van der Waals surface area contributed by atoms with Gasteiger partial charge < -0.3 is 14.5 Å². The zero-order valence-electron chi connectivity index (χ0n) is 10.3. The molecule has 0 atom stereocenters. The van der Waals surface area contributed by atoms with Crippen molar-refractivity contribution in [2.24, 2.45) is 0 Å². The number of aryl methyl sites for hydroxylation is 1. The van der Waals surface area contributed by atoms with Gasteiger partial charge >= 0.3 is 0 Å². The zero-order valence-corrected chi connectivity index (χ0v) is 10.3. The first-order valence-corrected chi connectivity index (χ1v) is 5.31. The maximum atomic E-state index is 11.7. The van der Waals surface area contributed by atoms with Gasteiger partial charge in [-0.1, -0.05) is 0 Å². The Morgan fingerprint density at radius 3 is 2.56 bits per heavy atom. The molecule has 0 aliphatic heterocycles. The van der Waals surface area contributed by atoms with Gasteiger partial charge in [0.2, 0.25) is 0 Å². The monoisotopic (exact) mass is 244 g/mol. The number of pyridine rings is 1. The van der Waals surface area contributed by atoms with Crippen LogP contribution in [0.4, 0.5) is 0 Å². The van der Waals surface area contributed by atoms with Crippen LogP contribution in [-0.2, 0) is 0 Å². The molecule has 0 bridgehead atoms. The van der Waals surface area contributed by atoms with E-state index in [0.29, 0.717) is 22.6 Å². The van der Waals surface area contributed by atoms with Gasteiger partial charge in [0.15, 0.2) is 0 Å². The van der Waals surface area contributed by atoms with Crippen LogP contribution in [0.25, 0.3) is 10.9 Å². The third-order valence-electron chi connectivity index (χ3n) is 2.87. The van der Waals surface area contributed by atoms with Crippen molar-refractivity contribution in [1.82, 2.24) is 4.98 Å². The Bertz CT molecular complexity index is 711. The predicted octanol–water partition coefficient (Wildman–Crippen LogP) is 1.73. The molecular weight excluding hydrogens is 232 g/mol. The van der Waals surface area contributed by atoms with Gasteiger partial charge in [-0.05, 0) is 12.5 Å². The Balaban J connectivity index is 2.98. The van der Waals surface area contributed by atoms with Crippen molar-refractivity contribution in [3.8, 4) is 17.6 Å². The van der Waals surface area contributed by atoms with Crippen LogP contribution in [0.5, 0.6) is 11.5 Å². The number of aromatic nitrogens is 1. The average Bonchev–Trinajstić information content (AvgIpc) is 2.37. The summed E-state index contributed by atoms with van der Waals surface area (Å²) in [5.74, 6) is 1.15. The molecular formula is C13H12N2O3. The van der Waals surface area contributed by atoms with Crippen molar-refractivity contribution < 1.29 is 9.47 Å². The van der Waals surface area contributed by atoms with E-state index in [1.165, 1.54) is 14.2 Å². The molecule has 0 amide bonds. The number of H-pyrrole nitrogens is 1. The molecule has 92 valence electrons. The second kappa shape index (κ2) is 4.41. The fourth-order valence-corrected chi connectivity index (χ4v) is 1.97. The normalized spacial score (nSPS) is 10.1. The van der Waals surface area contributed by atoms with Gasteiger partial charge in [-0.3, -0.25) is 4.79 Å². The van der Waals surface area contributed by atoms with Crippen LogP contribution in [-0.4, -0.2) is 19.2 Å². The second-order valence-corrected chi connectivity index (χ2v) is 3.82. The minimum Gasteiger partial charge on any atom is -0.497 e. The first kappa shape index (κ1) is 12.0. The van der Waals surface area contributed by atoms with Crippen molar-refractivity contribution in [1.29, 1.82) is 5.26 Å². The number of nitriles is 1. The SMILES string of the molecule is COc1cc(OC)c2c(C)c(C#N)c(=O)[nH]c2c1. The van der Waals surface area contributed by atoms with E-state index >= 15 is 0 Å². The number of aromatic amines is 1. The van der Waals surface area contributed by atoms with E-state index in [4.69, 9.17) is 14.7 Å². The number of rotatable bonds is 2. The lowest BCUT2D eigenvalue weighted by atomic mass is 10.0. The van der Waals surface area contributed by atoms with Crippen LogP contribution in [0.15, 0.2) is 16.9 Å². The quantitative estimate of drug-likeness (QED) is 0.872. The topological polar surface area (TPSA) is 75.1 Å². The van der Waals surface area contributed by atoms with Gasteiger partial charge in [0, 0.05) is 17.5 Å². The fourth-order valence-electron chi connectivity index (χ4n) is 1.97. The van der Waals surface area contributed by atoms with E-state index in [0.717, 1.165) is 5.39 Å². The summed E-state index contributed by atoms with van der Waals surface area (Å²) >= 11 is 0. The molecule has 0 spiro atoms. The molecule has 0 saturated carbocycles. The smallest absolute Gasteiger partial charge is 0.266 e. The minimum absolute atomic E-state index is 0.103. The predicted molar refractivity (Wildman–Crippen MR) is 67.1 cm³/mol. The zero-order chi connectivity index (χ0) is 13.3. The number of methoxy groups -OCH3 is 2. The molecule has 0 fully saturated rings. The van der Waals surface area contributed by atoms with E-state index in [9.17, 15) is 4.79 Å². The van der Waals surface area contributed by atoms with E-state index in [1.54, 1.807) is 19.1 Å². The van der Waals surface area contributed by atoms with Gasteiger partial charge in [0.25, 0.3) is 5.56 Å². The van der Waals surface area contributed by atoms with E-state index in [1.807, 2.05) is 6.07 Å². The lowest BCUT2D eigenvalue weighted by Crippen LogP contribution is -2.12. The third-order valence-corrected chi connectivity index (χ3v) is 2.87. The lowest BCUT2D eigenvalue weighted by Gasteiger charge is -2.11.